The van der Waals surface area contributed by atoms with E-state index in [9.17, 15) is 18.0 Å². The molecule has 4 rings (SSSR count). The Kier molecular flexibility index (Phi) is 7.23. The number of unbranched alkanes of at least 4 members (excludes halogenated alkanes) is 1. The zero-order valence-corrected chi connectivity index (χ0v) is 18.2. The van der Waals surface area contributed by atoms with Crippen LogP contribution in [0.25, 0.3) is 0 Å². The van der Waals surface area contributed by atoms with Crippen LogP contribution < -0.4 is 4.74 Å². The van der Waals surface area contributed by atoms with Gasteiger partial charge < -0.3 is 14.4 Å². The van der Waals surface area contributed by atoms with Crippen LogP contribution in [0, 0.1) is 17.5 Å². The van der Waals surface area contributed by atoms with Crippen LogP contribution in [0.15, 0.2) is 36.4 Å². The molecule has 2 heterocycles. The average Bonchev–Trinajstić information content (AvgIpc) is 2.78. The summed E-state index contributed by atoms with van der Waals surface area (Å²) in [6.45, 7) is 4.48. The van der Waals surface area contributed by atoms with Gasteiger partial charge in [-0.2, -0.15) is 0 Å². The Balaban J connectivity index is 1.46. The summed E-state index contributed by atoms with van der Waals surface area (Å²) in [5.41, 5.74) is 0.0426. The molecule has 9 heteroatoms. The van der Waals surface area contributed by atoms with Crippen molar-refractivity contribution in [2.45, 2.75) is 25.0 Å². The first kappa shape index (κ1) is 22.9. The molecule has 0 spiro atoms. The minimum atomic E-state index is -1.08. The number of hydrogen-bond donors (Lipinski definition) is 0. The van der Waals surface area contributed by atoms with Crippen LogP contribution in [0.2, 0.25) is 5.02 Å². The first-order chi connectivity index (χ1) is 15.4. The molecule has 0 radical (unpaired) electrons. The molecule has 5 nitrogen and oxygen atoms in total. The SMILES string of the molecule is O=C1[C@@H](Oc2ccc(F)cc2Cl)[C@H](c2cc(F)ccc2F)N1CCCCN1CCOCC1. The smallest absolute Gasteiger partial charge is 0.266 e. The number of hydrogen-bond acceptors (Lipinski definition) is 4. The van der Waals surface area contributed by atoms with E-state index in [0.717, 1.165) is 69.6 Å². The lowest BCUT2D eigenvalue weighted by Crippen LogP contribution is -2.61. The van der Waals surface area contributed by atoms with Gasteiger partial charge in [0.25, 0.3) is 5.91 Å². The van der Waals surface area contributed by atoms with Gasteiger partial charge in [-0.25, -0.2) is 13.2 Å². The second kappa shape index (κ2) is 10.1. The summed E-state index contributed by atoms with van der Waals surface area (Å²) in [4.78, 5) is 16.7. The summed E-state index contributed by atoms with van der Waals surface area (Å²) in [5.74, 6) is -2.00. The third-order valence-electron chi connectivity index (χ3n) is 5.80. The van der Waals surface area contributed by atoms with Crippen molar-refractivity contribution in [3.63, 3.8) is 0 Å². The lowest BCUT2D eigenvalue weighted by Gasteiger charge is -2.47. The van der Waals surface area contributed by atoms with Crippen LogP contribution in [0.5, 0.6) is 5.75 Å². The summed E-state index contributed by atoms with van der Waals surface area (Å²) in [5, 5.41) is 0.000209. The normalized spacial score (nSPS) is 21.5. The van der Waals surface area contributed by atoms with E-state index in [1.807, 2.05) is 0 Å². The molecular formula is C23H24ClF3N2O3. The van der Waals surface area contributed by atoms with Gasteiger partial charge in [-0.1, -0.05) is 11.6 Å². The summed E-state index contributed by atoms with van der Waals surface area (Å²) in [6, 6.07) is 5.88. The van der Waals surface area contributed by atoms with Crippen LogP contribution in [0.1, 0.15) is 24.4 Å². The van der Waals surface area contributed by atoms with Gasteiger partial charge >= 0.3 is 0 Å². The predicted octanol–water partition coefficient (Wildman–Crippen LogP) is 4.20. The number of carbonyl (C=O) groups is 1. The van der Waals surface area contributed by atoms with E-state index >= 15 is 0 Å². The molecule has 2 aliphatic heterocycles. The average molecular weight is 469 g/mol. The molecule has 172 valence electrons. The molecule has 2 saturated heterocycles. The highest BCUT2D eigenvalue weighted by Gasteiger charge is 2.51. The minimum Gasteiger partial charge on any atom is -0.476 e. The van der Waals surface area contributed by atoms with E-state index in [-0.39, 0.29) is 22.2 Å². The van der Waals surface area contributed by atoms with Crippen LogP contribution in [-0.4, -0.2) is 61.2 Å². The molecule has 32 heavy (non-hydrogen) atoms. The maximum absolute atomic E-state index is 14.6. The molecule has 2 aromatic carbocycles. The van der Waals surface area contributed by atoms with E-state index in [1.165, 1.54) is 11.0 Å². The van der Waals surface area contributed by atoms with E-state index in [4.69, 9.17) is 21.1 Å². The number of rotatable bonds is 8. The third kappa shape index (κ3) is 5.03. The zero-order chi connectivity index (χ0) is 22.7. The Morgan fingerprint density at radius 2 is 1.69 bits per heavy atom. The van der Waals surface area contributed by atoms with Crippen LogP contribution >= 0.6 is 11.6 Å². The Labute approximate surface area is 189 Å². The Hall–Kier alpha value is -2.29. The molecule has 0 unspecified atom stereocenters. The molecule has 2 aromatic rings. The fourth-order valence-corrected chi connectivity index (χ4v) is 4.31. The van der Waals surface area contributed by atoms with Gasteiger partial charge in [0.05, 0.1) is 18.2 Å². The van der Waals surface area contributed by atoms with Crippen molar-refractivity contribution in [1.82, 2.24) is 9.80 Å². The number of morpholine rings is 1. The van der Waals surface area contributed by atoms with Crippen LogP contribution in [0.4, 0.5) is 13.2 Å². The van der Waals surface area contributed by atoms with Crippen molar-refractivity contribution in [3.8, 4) is 5.75 Å². The van der Waals surface area contributed by atoms with Crippen molar-refractivity contribution >= 4 is 17.5 Å². The zero-order valence-electron chi connectivity index (χ0n) is 17.4. The highest BCUT2D eigenvalue weighted by atomic mass is 35.5. The molecule has 2 atom stereocenters. The summed E-state index contributed by atoms with van der Waals surface area (Å²) >= 11 is 6.03. The first-order valence-electron chi connectivity index (χ1n) is 10.6. The molecule has 2 fully saturated rings. The highest BCUT2D eigenvalue weighted by molar-refractivity contribution is 6.32. The molecule has 0 aliphatic carbocycles. The lowest BCUT2D eigenvalue weighted by atomic mass is 9.89. The van der Waals surface area contributed by atoms with Crippen molar-refractivity contribution in [2.75, 3.05) is 39.4 Å². The molecule has 0 N–H and O–H groups in total. The van der Waals surface area contributed by atoms with Gasteiger partial charge in [0.1, 0.15) is 29.2 Å². The first-order valence-corrected chi connectivity index (χ1v) is 11.0. The molecule has 0 bridgehead atoms. The topological polar surface area (TPSA) is 42.0 Å². The summed E-state index contributed by atoms with van der Waals surface area (Å²) in [7, 11) is 0. The van der Waals surface area contributed by atoms with Crippen molar-refractivity contribution in [1.29, 1.82) is 0 Å². The number of likely N-dealkylation sites (tertiary alicyclic amines) is 1. The van der Waals surface area contributed by atoms with Gasteiger partial charge in [0.2, 0.25) is 6.10 Å². The van der Waals surface area contributed by atoms with Gasteiger partial charge in [0.15, 0.2) is 0 Å². The number of β-lactam (4-membered cyclic amide) rings is 1. The second-order valence-corrected chi connectivity index (χ2v) is 8.32. The van der Waals surface area contributed by atoms with Crippen molar-refractivity contribution < 1.29 is 27.4 Å². The monoisotopic (exact) mass is 468 g/mol. The van der Waals surface area contributed by atoms with E-state index < -0.39 is 29.6 Å². The summed E-state index contributed by atoms with van der Waals surface area (Å²) < 4.78 is 52.9. The Bertz CT molecular complexity index is 971. The van der Waals surface area contributed by atoms with Crippen molar-refractivity contribution in [2.24, 2.45) is 0 Å². The standard InChI is InChI=1S/C23H24ClF3N2O3/c24-18-14-16(26)4-6-20(18)32-22-21(17-13-15(25)3-5-19(17)27)29(23(22)30)8-2-1-7-28-9-11-31-12-10-28/h3-6,13-14,21-22H,1-2,7-12H2/t21-,22-/m0/s1. The molecule has 0 saturated carbocycles. The Morgan fingerprint density at radius 3 is 2.44 bits per heavy atom. The fraction of sp³-hybridized carbons (Fsp3) is 0.435. The van der Waals surface area contributed by atoms with Gasteiger partial charge in [0, 0.05) is 25.2 Å². The third-order valence-corrected chi connectivity index (χ3v) is 6.10. The van der Waals surface area contributed by atoms with E-state index in [2.05, 4.69) is 4.90 Å². The second-order valence-electron chi connectivity index (χ2n) is 7.92. The number of carbonyl (C=O) groups excluding carboxylic acids is 1. The number of nitrogens with zero attached hydrogens (tertiary/aromatic N) is 2. The largest absolute Gasteiger partial charge is 0.476 e. The molecule has 0 aromatic heterocycles. The quantitative estimate of drug-likeness (QED) is 0.430. The van der Waals surface area contributed by atoms with Crippen molar-refractivity contribution in [3.05, 3.63) is 64.4 Å². The van der Waals surface area contributed by atoms with Crippen LogP contribution in [-0.2, 0) is 9.53 Å². The lowest BCUT2D eigenvalue weighted by molar-refractivity contribution is -0.164. The molecule has 1 amide bonds. The van der Waals surface area contributed by atoms with Gasteiger partial charge in [-0.15, -0.1) is 0 Å². The maximum Gasteiger partial charge on any atom is 0.266 e. The van der Waals surface area contributed by atoms with Gasteiger partial charge in [-0.3, -0.25) is 9.69 Å². The van der Waals surface area contributed by atoms with E-state index in [0.29, 0.717) is 13.0 Å². The molecule has 2 aliphatic rings. The maximum atomic E-state index is 14.6. The highest BCUT2D eigenvalue weighted by Crippen LogP contribution is 2.40. The fourth-order valence-electron chi connectivity index (χ4n) is 4.10. The summed E-state index contributed by atoms with van der Waals surface area (Å²) in [6.07, 6.45) is 0.492. The predicted molar refractivity (Wildman–Crippen MR) is 113 cm³/mol. The van der Waals surface area contributed by atoms with Crippen LogP contribution in [0.3, 0.4) is 0 Å². The number of amides is 1. The number of halogens is 4. The van der Waals surface area contributed by atoms with Gasteiger partial charge in [-0.05, 0) is 55.8 Å². The number of ether oxygens (including phenoxy) is 2. The molecular weight excluding hydrogens is 445 g/mol. The Morgan fingerprint density at radius 1 is 1.00 bits per heavy atom. The number of benzene rings is 2. The minimum absolute atomic E-state index is 0.000209. The van der Waals surface area contributed by atoms with E-state index in [1.54, 1.807) is 0 Å².